The molecule has 1 heterocycles. The van der Waals surface area contributed by atoms with Crippen molar-refractivity contribution in [1.29, 1.82) is 0 Å². The second kappa shape index (κ2) is 7.69. The summed E-state index contributed by atoms with van der Waals surface area (Å²) in [5.74, 6) is 1.18. The third-order valence-electron chi connectivity index (χ3n) is 6.14. The van der Waals surface area contributed by atoms with E-state index in [0.717, 1.165) is 51.2 Å². The highest BCUT2D eigenvalue weighted by molar-refractivity contribution is 5.88. The number of piperidine rings is 1. The standard InChI is InChI=1S/C21H32N2O/c1-17-6-5-7-19(16-17)21(11-3-4-12-21)20(24)23-14-9-18(10-15-23)8-13-22-2/h5-7,16,18,22H,3-4,8-15H2,1-2H3. The van der Waals surface area contributed by atoms with Crippen LogP contribution in [0.25, 0.3) is 0 Å². The first kappa shape index (κ1) is 17.5. The minimum absolute atomic E-state index is 0.246. The zero-order chi connectivity index (χ0) is 17.0. The second-order valence-corrected chi connectivity index (χ2v) is 7.79. The smallest absolute Gasteiger partial charge is 0.233 e. The summed E-state index contributed by atoms with van der Waals surface area (Å²) in [6.07, 6.45) is 7.97. The maximum absolute atomic E-state index is 13.5. The van der Waals surface area contributed by atoms with Gasteiger partial charge in [0.2, 0.25) is 5.91 Å². The molecule has 1 aliphatic carbocycles. The minimum Gasteiger partial charge on any atom is -0.342 e. The first-order valence-electron chi connectivity index (χ1n) is 9.67. The van der Waals surface area contributed by atoms with Gasteiger partial charge in [0.05, 0.1) is 5.41 Å². The number of amides is 1. The summed E-state index contributed by atoms with van der Waals surface area (Å²) in [6.45, 7) is 5.11. The number of likely N-dealkylation sites (tertiary alicyclic amines) is 1. The zero-order valence-electron chi connectivity index (χ0n) is 15.3. The third kappa shape index (κ3) is 3.51. The van der Waals surface area contributed by atoms with Gasteiger partial charge in [0, 0.05) is 13.1 Å². The van der Waals surface area contributed by atoms with Gasteiger partial charge in [-0.2, -0.15) is 0 Å². The summed E-state index contributed by atoms with van der Waals surface area (Å²) < 4.78 is 0. The van der Waals surface area contributed by atoms with Crippen molar-refractivity contribution in [2.24, 2.45) is 5.92 Å². The highest BCUT2D eigenvalue weighted by Crippen LogP contribution is 2.43. The van der Waals surface area contributed by atoms with Gasteiger partial charge in [-0.1, -0.05) is 42.7 Å². The van der Waals surface area contributed by atoms with E-state index in [4.69, 9.17) is 0 Å². The molecule has 0 bridgehead atoms. The van der Waals surface area contributed by atoms with Crippen LogP contribution in [0.1, 0.15) is 56.1 Å². The molecule has 1 N–H and O–H groups in total. The normalized spacial score (nSPS) is 21.2. The number of aryl methyl sites for hydroxylation is 1. The molecule has 1 aliphatic heterocycles. The highest BCUT2D eigenvalue weighted by atomic mass is 16.2. The Morgan fingerprint density at radius 2 is 1.96 bits per heavy atom. The van der Waals surface area contributed by atoms with E-state index < -0.39 is 0 Å². The van der Waals surface area contributed by atoms with E-state index in [0.29, 0.717) is 5.91 Å². The van der Waals surface area contributed by atoms with Crippen LogP contribution in [0.5, 0.6) is 0 Å². The van der Waals surface area contributed by atoms with Crippen LogP contribution in [0.15, 0.2) is 24.3 Å². The summed E-state index contributed by atoms with van der Waals surface area (Å²) >= 11 is 0. The second-order valence-electron chi connectivity index (χ2n) is 7.79. The number of nitrogens with one attached hydrogen (secondary N) is 1. The zero-order valence-corrected chi connectivity index (χ0v) is 15.3. The van der Waals surface area contributed by atoms with Gasteiger partial charge in [-0.15, -0.1) is 0 Å². The van der Waals surface area contributed by atoms with E-state index in [2.05, 4.69) is 41.4 Å². The molecule has 2 fully saturated rings. The largest absolute Gasteiger partial charge is 0.342 e. The van der Waals surface area contributed by atoms with Crippen LogP contribution in [-0.2, 0) is 10.2 Å². The van der Waals surface area contributed by atoms with Crippen LogP contribution in [0.3, 0.4) is 0 Å². The Morgan fingerprint density at radius 1 is 1.25 bits per heavy atom. The maximum Gasteiger partial charge on any atom is 0.233 e. The van der Waals surface area contributed by atoms with Crippen molar-refractivity contribution < 1.29 is 4.79 Å². The van der Waals surface area contributed by atoms with Crippen molar-refractivity contribution in [1.82, 2.24) is 10.2 Å². The molecule has 0 radical (unpaired) electrons. The lowest BCUT2D eigenvalue weighted by Gasteiger charge is -2.39. The molecule has 1 aromatic carbocycles. The van der Waals surface area contributed by atoms with E-state index >= 15 is 0 Å². The van der Waals surface area contributed by atoms with Crippen molar-refractivity contribution in [2.45, 2.75) is 57.3 Å². The fourth-order valence-electron chi connectivity index (χ4n) is 4.62. The van der Waals surface area contributed by atoms with Crippen LogP contribution in [0.4, 0.5) is 0 Å². The molecule has 0 unspecified atom stereocenters. The molecule has 0 aromatic heterocycles. The van der Waals surface area contributed by atoms with Gasteiger partial charge < -0.3 is 10.2 Å². The quantitative estimate of drug-likeness (QED) is 0.895. The highest BCUT2D eigenvalue weighted by Gasteiger charge is 2.45. The average Bonchev–Trinajstić information content (AvgIpc) is 3.11. The summed E-state index contributed by atoms with van der Waals surface area (Å²) in [5.41, 5.74) is 2.27. The topological polar surface area (TPSA) is 32.3 Å². The third-order valence-corrected chi connectivity index (χ3v) is 6.14. The number of rotatable bonds is 5. The molecule has 1 saturated carbocycles. The molecule has 3 heteroatoms. The Hall–Kier alpha value is -1.35. The van der Waals surface area contributed by atoms with E-state index in [1.165, 1.54) is 30.4 Å². The first-order valence-corrected chi connectivity index (χ1v) is 9.67. The Kier molecular flexibility index (Phi) is 5.60. The number of hydrogen-bond donors (Lipinski definition) is 1. The SMILES string of the molecule is CNCCC1CCN(C(=O)C2(c3cccc(C)c3)CCCC2)CC1. The van der Waals surface area contributed by atoms with Crippen molar-refractivity contribution in [3.8, 4) is 0 Å². The summed E-state index contributed by atoms with van der Waals surface area (Å²) in [7, 11) is 2.02. The molecule has 2 aliphatic rings. The molecule has 1 amide bonds. The Balaban J connectivity index is 1.72. The van der Waals surface area contributed by atoms with Gasteiger partial charge in [-0.25, -0.2) is 0 Å². The predicted molar refractivity (Wildman–Crippen MR) is 99.2 cm³/mol. The van der Waals surface area contributed by atoms with Crippen molar-refractivity contribution in [2.75, 3.05) is 26.7 Å². The molecule has 1 aromatic rings. The van der Waals surface area contributed by atoms with Crippen LogP contribution >= 0.6 is 0 Å². The van der Waals surface area contributed by atoms with E-state index in [-0.39, 0.29) is 5.41 Å². The summed E-state index contributed by atoms with van der Waals surface area (Å²) in [4.78, 5) is 15.6. The molecular formula is C21H32N2O. The van der Waals surface area contributed by atoms with Crippen LogP contribution in [0.2, 0.25) is 0 Å². The minimum atomic E-state index is -0.246. The van der Waals surface area contributed by atoms with Gasteiger partial charge >= 0.3 is 0 Å². The van der Waals surface area contributed by atoms with E-state index in [9.17, 15) is 4.79 Å². The molecule has 1 saturated heterocycles. The summed E-state index contributed by atoms with van der Waals surface area (Å²) in [5, 5.41) is 3.25. The molecule has 0 atom stereocenters. The fourth-order valence-corrected chi connectivity index (χ4v) is 4.62. The molecule has 132 valence electrons. The lowest BCUT2D eigenvalue weighted by molar-refractivity contribution is -0.138. The number of nitrogens with zero attached hydrogens (tertiary/aromatic N) is 1. The van der Waals surface area contributed by atoms with Gasteiger partial charge in [0.1, 0.15) is 0 Å². The van der Waals surface area contributed by atoms with Crippen molar-refractivity contribution >= 4 is 5.91 Å². The lowest BCUT2D eigenvalue weighted by atomic mass is 9.76. The van der Waals surface area contributed by atoms with E-state index in [1.807, 2.05) is 7.05 Å². The van der Waals surface area contributed by atoms with Crippen LogP contribution in [-0.4, -0.2) is 37.5 Å². The Labute approximate surface area is 146 Å². The van der Waals surface area contributed by atoms with Gasteiger partial charge in [-0.3, -0.25) is 4.79 Å². The van der Waals surface area contributed by atoms with Gasteiger partial charge in [0.15, 0.2) is 0 Å². The van der Waals surface area contributed by atoms with Crippen molar-refractivity contribution in [3.63, 3.8) is 0 Å². The number of carbonyl (C=O) groups excluding carboxylic acids is 1. The Morgan fingerprint density at radius 3 is 2.58 bits per heavy atom. The lowest BCUT2D eigenvalue weighted by Crippen LogP contribution is -2.48. The van der Waals surface area contributed by atoms with Crippen LogP contribution < -0.4 is 5.32 Å². The number of hydrogen-bond acceptors (Lipinski definition) is 2. The molecule has 24 heavy (non-hydrogen) atoms. The Bertz CT molecular complexity index is 555. The predicted octanol–water partition coefficient (Wildman–Crippen LogP) is 3.65. The van der Waals surface area contributed by atoms with Gasteiger partial charge in [-0.05, 0) is 64.1 Å². The fraction of sp³-hybridized carbons (Fsp3) is 0.667. The molecular weight excluding hydrogens is 296 g/mol. The summed E-state index contributed by atoms with van der Waals surface area (Å²) in [6, 6.07) is 8.66. The number of carbonyl (C=O) groups is 1. The monoisotopic (exact) mass is 328 g/mol. The molecule has 0 spiro atoms. The van der Waals surface area contributed by atoms with Crippen LogP contribution in [0, 0.1) is 12.8 Å². The van der Waals surface area contributed by atoms with Crippen molar-refractivity contribution in [3.05, 3.63) is 35.4 Å². The van der Waals surface area contributed by atoms with Gasteiger partial charge in [0.25, 0.3) is 0 Å². The number of benzene rings is 1. The average molecular weight is 329 g/mol. The van der Waals surface area contributed by atoms with E-state index in [1.54, 1.807) is 0 Å². The first-order chi connectivity index (χ1) is 11.7. The molecule has 3 nitrogen and oxygen atoms in total. The molecule has 3 rings (SSSR count). The maximum atomic E-state index is 13.5.